The Hall–Kier alpha value is -3.87. The molecule has 0 aliphatic rings. The van der Waals surface area contributed by atoms with Gasteiger partial charge in [-0.15, -0.1) is 0 Å². The Bertz CT molecular complexity index is 1160. The third-order valence-corrected chi connectivity index (χ3v) is 5.17. The zero-order valence-electron chi connectivity index (χ0n) is 20.8. The summed E-state index contributed by atoms with van der Waals surface area (Å²) in [4.78, 5) is 24.1. The number of rotatable bonds is 9. The van der Waals surface area contributed by atoms with Crippen LogP contribution in [0.4, 0.5) is 0 Å². The van der Waals surface area contributed by atoms with Crippen LogP contribution >= 0.6 is 0 Å². The maximum Gasteiger partial charge on any atom is 0.379 e. The number of furan rings is 1. The predicted octanol–water partition coefficient (Wildman–Crippen LogP) is 5.74. The highest BCUT2D eigenvalue weighted by atomic mass is 16.5. The number of ether oxygens (including phenoxy) is 2. The molecule has 7 heteroatoms. The Morgan fingerprint density at radius 3 is 2.37 bits per heavy atom. The Morgan fingerprint density at radius 2 is 1.71 bits per heavy atom. The van der Waals surface area contributed by atoms with Gasteiger partial charge < -0.3 is 13.9 Å². The normalized spacial score (nSPS) is 11.9. The highest BCUT2D eigenvalue weighted by Crippen LogP contribution is 2.36. The van der Waals surface area contributed by atoms with Crippen LogP contribution in [-0.4, -0.2) is 24.7 Å². The first-order chi connectivity index (χ1) is 16.5. The second-order valence-electron chi connectivity index (χ2n) is 10.2. The molecule has 0 radical (unpaired) electrons. The molecule has 2 aromatic carbocycles. The number of hydrogen-bond acceptors (Lipinski definition) is 6. The average molecular weight is 477 g/mol. The van der Waals surface area contributed by atoms with Crippen molar-refractivity contribution in [1.82, 2.24) is 5.43 Å². The molecule has 35 heavy (non-hydrogen) atoms. The van der Waals surface area contributed by atoms with Gasteiger partial charge in [-0.25, -0.2) is 10.2 Å². The molecule has 0 unspecified atom stereocenters. The van der Waals surface area contributed by atoms with E-state index < -0.39 is 11.9 Å². The summed E-state index contributed by atoms with van der Waals surface area (Å²) in [5.41, 5.74) is 4.56. The molecule has 1 heterocycles. The van der Waals surface area contributed by atoms with E-state index in [1.54, 1.807) is 30.3 Å². The third kappa shape index (κ3) is 8.14. The van der Waals surface area contributed by atoms with Crippen LogP contribution in [0.3, 0.4) is 0 Å². The topological polar surface area (TPSA) is 90.1 Å². The average Bonchev–Trinajstić information content (AvgIpc) is 3.32. The minimum Gasteiger partial charge on any atom is -0.484 e. The van der Waals surface area contributed by atoms with E-state index >= 15 is 0 Å². The first-order valence-electron chi connectivity index (χ1n) is 11.4. The van der Waals surface area contributed by atoms with E-state index in [2.05, 4.69) is 45.1 Å². The number of nitrogens with one attached hydrogen (secondary N) is 1. The number of carbonyl (C=O) groups excluding carboxylic acids is 2. The largest absolute Gasteiger partial charge is 0.484 e. The molecule has 0 fully saturated rings. The Kier molecular flexibility index (Phi) is 8.12. The standard InChI is InChI=1S/C28H32N2O5/c1-27(2,3)19-28(4,5)21-11-13-22(14-12-21)34-18-25(31)30-29-17-20-8-6-9-23(16-20)35-26(32)24-10-7-15-33-24/h6-17H,18-19H2,1-5H3,(H,30,31). The molecule has 0 saturated heterocycles. The third-order valence-electron chi connectivity index (χ3n) is 5.17. The summed E-state index contributed by atoms with van der Waals surface area (Å²) in [6, 6.07) is 17.7. The van der Waals surface area contributed by atoms with E-state index in [4.69, 9.17) is 13.9 Å². The molecule has 1 amide bonds. The maximum atomic E-state index is 12.1. The molecule has 0 aliphatic heterocycles. The summed E-state index contributed by atoms with van der Waals surface area (Å²) in [6.45, 7) is 11.0. The second-order valence-corrected chi connectivity index (χ2v) is 10.2. The lowest BCUT2D eigenvalue weighted by atomic mass is 9.72. The van der Waals surface area contributed by atoms with Crippen molar-refractivity contribution in [3.05, 3.63) is 83.8 Å². The zero-order chi connectivity index (χ0) is 25.5. The number of hydrazone groups is 1. The molecule has 0 bridgehead atoms. The van der Waals surface area contributed by atoms with Gasteiger partial charge in [0.25, 0.3) is 5.91 Å². The molecule has 3 rings (SSSR count). The van der Waals surface area contributed by atoms with Gasteiger partial charge in [-0.3, -0.25) is 4.79 Å². The number of benzene rings is 2. The fourth-order valence-electron chi connectivity index (χ4n) is 4.00. The van der Waals surface area contributed by atoms with Crippen LogP contribution < -0.4 is 14.9 Å². The van der Waals surface area contributed by atoms with E-state index in [0.717, 1.165) is 6.42 Å². The van der Waals surface area contributed by atoms with Gasteiger partial charge in [0.1, 0.15) is 11.5 Å². The Labute approximate surface area is 206 Å². The predicted molar refractivity (Wildman–Crippen MR) is 135 cm³/mol. The van der Waals surface area contributed by atoms with Crippen molar-refractivity contribution in [1.29, 1.82) is 0 Å². The van der Waals surface area contributed by atoms with Gasteiger partial charge in [0.15, 0.2) is 6.61 Å². The van der Waals surface area contributed by atoms with Crippen molar-refractivity contribution in [3.8, 4) is 11.5 Å². The first-order valence-corrected chi connectivity index (χ1v) is 11.4. The van der Waals surface area contributed by atoms with Gasteiger partial charge in [-0.2, -0.15) is 5.10 Å². The zero-order valence-corrected chi connectivity index (χ0v) is 20.8. The van der Waals surface area contributed by atoms with E-state index in [-0.39, 0.29) is 23.2 Å². The summed E-state index contributed by atoms with van der Waals surface area (Å²) in [5, 5.41) is 3.94. The minimum atomic E-state index is -0.597. The highest BCUT2D eigenvalue weighted by molar-refractivity contribution is 5.88. The number of carbonyl (C=O) groups is 2. The molecular formula is C28H32N2O5. The van der Waals surface area contributed by atoms with Crippen molar-refractivity contribution in [2.75, 3.05) is 6.61 Å². The van der Waals surface area contributed by atoms with Gasteiger partial charge in [0.05, 0.1) is 12.5 Å². The molecule has 0 saturated carbocycles. The number of esters is 1. The molecule has 1 aromatic heterocycles. The van der Waals surface area contributed by atoms with Crippen LogP contribution in [0, 0.1) is 5.41 Å². The molecule has 3 aromatic rings. The fraction of sp³-hybridized carbons (Fsp3) is 0.321. The van der Waals surface area contributed by atoms with Crippen molar-refractivity contribution in [2.45, 2.75) is 46.5 Å². The summed E-state index contributed by atoms with van der Waals surface area (Å²) in [7, 11) is 0. The number of amides is 1. The van der Waals surface area contributed by atoms with E-state index in [1.807, 2.05) is 24.3 Å². The quantitative estimate of drug-likeness (QED) is 0.184. The summed E-state index contributed by atoms with van der Waals surface area (Å²) >= 11 is 0. The number of hydrogen-bond donors (Lipinski definition) is 1. The first kappa shape index (κ1) is 25.7. The van der Waals surface area contributed by atoms with E-state index in [1.165, 1.54) is 24.1 Å². The fourth-order valence-corrected chi connectivity index (χ4v) is 4.00. The number of nitrogens with zero attached hydrogens (tertiary/aromatic N) is 1. The molecule has 0 atom stereocenters. The van der Waals surface area contributed by atoms with E-state index in [9.17, 15) is 9.59 Å². The molecular weight excluding hydrogens is 444 g/mol. The summed E-state index contributed by atoms with van der Waals surface area (Å²) in [5.74, 6) is 0.0726. The smallest absolute Gasteiger partial charge is 0.379 e. The van der Waals surface area contributed by atoms with Crippen LogP contribution in [0.2, 0.25) is 0 Å². The molecule has 184 valence electrons. The van der Waals surface area contributed by atoms with E-state index in [0.29, 0.717) is 17.1 Å². The van der Waals surface area contributed by atoms with Crippen LogP contribution in [0.1, 0.15) is 62.7 Å². The van der Waals surface area contributed by atoms with Gasteiger partial charge in [-0.1, -0.05) is 58.9 Å². The molecule has 0 spiro atoms. The van der Waals surface area contributed by atoms with Crippen LogP contribution in [-0.2, 0) is 10.2 Å². The lowest BCUT2D eigenvalue weighted by molar-refractivity contribution is -0.123. The van der Waals surface area contributed by atoms with Crippen LogP contribution in [0.5, 0.6) is 11.5 Å². The molecule has 7 nitrogen and oxygen atoms in total. The highest BCUT2D eigenvalue weighted by Gasteiger charge is 2.27. The molecule has 0 aliphatic carbocycles. The van der Waals surface area contributed by atoms with Crippen molar-refractivity contribution in [2.24, 2.45) is 10.5 Å². The van der Waals surface area contributed by atoms with Gasteiger partial charge in [-0.05, 0) is 64.8 Å². The van der Waals surface area contributed by atoms with Crippen LogP contribution in [0.25, 0.3) is 0 Å². The molecule has 1 N–H and O–H groups in total. The second kappa shape index (κ2) is 11.0. The minimum absolute atomic E-state index is 0.0390. The van der Waals surface area contributed by atoms with Gasteiger partial charge in [0.2, 0.25) is 5.76 Å². The monoisotopic (exact) mass is 476 g/mol. The lowest BCUT2D eigenvalue weighted by Crippen LogP contribution is -2.25. The van der Waals surface area contributed by atoms with Crippen LogP contribution in [0.15, 0.2) is 76.4 Å². The SMILES string of the molecule is CC(C)(C)CC(C)(C)c1ccc(OCC(=O)NN=Cc2cccc(OC(=O)c3ccco3)c2)cc1. The maximum absolute atomic E-state index is 12.1. The van der Waals surface area contributed by atoms with Gasteiger partial charge in [0, 0.05) is 0 Å². The van der Waals surface area contributed by atoms with Crippen molar-refractivity contribution >= 4 is 18.1 Å². The summed E-state index contributed by atoms with van der Waals surface area (Å²) in [6.07, 6.45) is 3.90. The van der Waals surface area contributed by atoms with Crippen molar-refractivity contribution in [3.63, 3.8) is 0 Å². The Morgan fingerprint density at radius 1 is 0.971 bits per heavy atom. The summed E-state index contributed by atoms with van der Waals surface area (Å²) < 4.78 is 15.9. The van der Waals surface area contributed by atoms with Gasteiger partial charge >= 0.3 is 5.97 Å². The lowest BCUT2D eigenvalue weighted by Gasteiger charge is -2.33. The van der Waals surface area contributed by atoms with Crippen molar-refractivity contribution < 1.29 is 23.5 Å². The Balaban J connectivity index is 1.47.